The van der Waals surface area contributed by atoms with Crippen LogP contribution in [0.1, 0.15) is 50.2 Å². The number of aryl methyl sites for hydroxylation is 2. The minimum atomic E-state index is -0.172. The van der Waals surface area contributed by atoms with E-state index in [4.69, 9.17) is 0 Å². The molecule has 1 saturated carbocycles. The molecule has 1 amide bonds. The predicted octanol–water partition coefficient (Wildman–Crippen LogP) is 4.21. The molecule has 1 aliphatic rings. The monoisotopic (exact) mass is 245 g/mol. The number of hydrogen-bond acceptors (Lipinski definition) is 1. The Morgan fingerprint density at radius 3 is 2.50 bits per heavy atom. The summed E-state index contributed by atoms with van der Waals surface area (Å²) in [4.78, 5) is 12.4. The van der Waals surface area contributed by atoms with Crippen LogP contribution in [0.3, 0.4) is 0 Å². The molecule has 1 aliphatic carbocycles. The first kappa shape index (κ1) is 13.1. The highest BCUT2D eigenvalue weighted by molar-refractivity contribution is 5.95. The third kappa shape index (κ3) is 2.74. The Morgan fingerprint density at radius 2 is 1.83 bits per heavy atom. The Labute approximate surface area is 110 Å². The van der Waals surface area contributed by atoms with E-state index in [0.29, 0.717) is 0 Å². The molecule has 0 aliphatic heterocycles. The Morgan fingerprint density at radius 1 is 1.17 bits per heavy atom. The van der Waals surface area contributed by atoms with Crippen LogP contribution < -0.4 is 5.32 Å². The number of anilines is 1. The minimum Gasteiger partial charge on any atom is -0.325 e. The van der Waals surface area contributed by atoms with E-state index in [9.17, 15) is 4.79 Å². The molecule has 0 bridgehead atoms. The average Bonchev–Trinajstić information content (AvgIpc) is 2.35. The van der Waals surface area contributed by atoms with Gasteiger partial charge in [0, 0.05) is 11.1 Å². The average molecular weight is 245 g/mol. The second-order valence-corrected chi connectivity index (χ2v) is 5.89. The van der Waals surface area contributed by atoms with E-state index >= 15 is 0 Å². The Bertz CT molecular complexity index is 444. The highest BCUT2D eigenvalue weighted by atomic mass is 16.2. The molecular formula is C16H23NO. The molecule has 2 rings (SSSR count). The summed E-state index contributed by atoms with van der Waals surface area (Å²) in [5.74, 6) is 0.191. The van der Waals surface area contributed by atoms with Crippen molar-refractivity contribution in [2.75, 3.05) is 5.32 Å². The lowest BCUT2D eigenvalue weighted by molar-refractivity contribution is -0.126. The van der Waals surface area contributed by atoms with Crippen molar-refractivity contribution in [3.63, 3.8) is 0 Å². The van der Waals surface area contributed by atoms with Gasteiger partial charge in [0.15, 0.2) is 0 Å². The lowest BCUT2D eigenvalue weighted by Crippen LogP contribution is -2.35. The Hall–Kier alpha value is -1.31. The van der Waals surface area contributed by atoms with Crippen molar-refractivity contribution < 1.29 is 4.79 Å². The molecule has 0 atom stereocenters. The fourth-order valence-corrected chi connectivity index (χ4v) is 2.70. The van der Waals surface area contributed by atoms with Gasteiger partial charge < -0.3 is 5.32 Å². The van der Waals surface area contributed by atoms with Gasteiger partial charge in [-0.2, -0.15) is 0 Å². The fourth-order valence-electron chi connectivity index (χ4n) is 2.70. The topological polar surface area (TPSA) is 29.1 Å². The standard InChI is InChI=1S/C16H23NO/c1-12-7-8-13(2)14(11-12)17-15(18)16(3)9-5-4-6-10-16/h7-8,11H,4-6,9-10H2,1-3H3,(H,17,18). The normalized spacial score (nSPS) is 18.4. The summed E-state index contributed by atoms with van der Waals surface area (Å²) < 4.78 is 0. The van der Waals surface area contributed by atoms with Crippen LogP contribution in [-0.4, -0.2) is 5.91 Å². The van der Waals surface area contributed by atoms with Crippen LogP contribution in [0.5, 0.6) is 0 Å². The Kier molecular flexibility index (Phi) is 3.74. The first-order valence-corrected chi connectivity index (χ1v) is 6.90. The molecular weight excluding hydrogens is 222 g/mol. The molecule has 0 unspecified atom stereocenters. The van der Waals surface area contributed by atoms with Gasteiger partial charge in [-0.05, 0) is 43.9 Å². The zero-order chi connectivity index (χ0) is 13.2. The van der Waals surface area contributed by atoms with Gasteiger partial charge in [-0.15, -0.1) is 0 Å². The SMILES string of the molecule is Cc1ccc(C)c(NC(=O)C2(C)CCCCC2)c1. The molecule has 2 heteroatoms. The van der Waals surface area contributed by atoms with Gasteiger partial charge >= 0.3 is 0 Å². The summed E-state index contributed by atoms with van der Waals surface area (Å²) in [7, 11) is 0. The molecule has 18 heavy (non-hydrogen) atoms. The molecule has 0 aromatic heterocycles. The summed E-state index contributed by atoms with van der Waals surface area (Å²) in [5.41, 5.74) is 3.11. The maximum atomic E-state index is 12.4. The minimum absolute atomic E-state index is 0.172. The Balaban J connectivity index is 2.13. The molecule has 1 fully saturated rings. The van der Waals surface area contributed by atoms with Crippen LogP contribution in [0.4, 0.5) is 5.69 Å². The van der Waals surface area contributed by atoms with Gasteiger partial charge in [0.1, 0.15) is 0 Å². The van der Waals surface area contributed by atoms with Crippen LogP contribution in [-0.2, 0) is 4.79 Å². The van der Waals surface area contributed by atoms with Gasteiger partial charge in [-0.1, -0.05) is 38.3 Å². The van der Waals surface area contributed by atoms with E-state index in [-0.39, 0.29) is 11.3 Å². The lowest BCUT2D eigenvalue weighted by Gasteiger charge is -2.32. The molecule has 1 aromatic rings. The maximum Gasteiger partial charge on any atom is 0.230 e. The fraction of sp³-hybridized carbons (Fsp3) is 0.562. The van der Waals surface area contributed by atoms with E-state index in [1.807, 2.05) is 6.92 Å². The summed E-state index contributed by atoms with van der Waals surface area (Å²) >= 11 is 0. The summed E-state index contributed by atoms with van der Waals surface area (Å²) in [6.45, 7) is 6.20. The molecule has 0 saturated heterocycles. The largest absolute Gasteiger partial charge is 0.325 e. The van der Waals surface area contributed by atoms with Crippen molar-refractivity contribution in [1.82, 2.24) is 0 Å². The number of rotatable bonds is 2. The van der Waals surface area contributed by atoms with Gasteiger partial charge in [0.05, 0.1) is 0 Å². The quantitative estimate of drug-likeness (QED) is 0.830. The third-order valence-corrected chi connectivity index (χ3v) is 4.15. The molecule has 0 heterocycles. The van der Waals surface area contributed by atoms with Crippen molar-refractivity contribution in [3.05, 3.63) is 29.3 Å². The first-order valence-electron chi connectivity index (χ1n) is 6.90. The highest BCUT2D eigenvalue weighted by Gasteiger charge is 2.34. The number of benzene rings is 1. The van der Waals surface area contributed by atoms with Gasteiger partial charge in [-0.25, -0.2) is 0 Å². The smallest absolute Gasteiger partial charge is 0.230 e. The molecule has 0 spiro atoms. The maximum absolute atomic E-state index is 12.4. The van der Waals surface area contributed by atoms with E-state index in [1.165, 1.54) is 24.8 Å². The molecule has 1 N–H and O–H groups in total. The van der Waals surface area contributed by atoms with Crippen LogP contribution in [0.25, 0.3) is 0 Å². The zero-order valence-electron chi connectivity index (χ0n) is 11.7. The number of carbonyl (C=O) groups is 1. The van der Waals surface area contributed by atoms with E-state index in [1.54, 1.807) is 0 Å². The van der Waals surface area contributed by atoms with Gasteiger partial charge in [0.25, 0.3) is 0 Å². The number of carbonyl (C=O) groups excluding carboxylic acids is 1. The zero-order valence-corrected chi connectivity index (χ0v) is 11.7. The number of hydrogen-bond donors (Lipinski definition) is 1. The lowest BCUT2D eigenvalue weighted by atomic mass is 9.75. The summed E-state index contributed by atoms with van der Waals surface area (Å²) in [6.07, 6.45) is 5.66. The first-order chi connectivity index (χ1) is 8.51. The van der Waals surface area contributed by atoms with E-state index in [2.05, 4.69) is 37.4 Å². The van der Waals surface area contributed by atoms with Gasteiger partial charge in [-0.3, -0.25) is 4.79 Å². The molecule has 1 aromatic carbocycles. The van der Waals surface area contributed by atoms with Crippen molar-refractivity contribution in [2.45, 2.75) is 52.9 Å². The van der Waals surface area contributed by atoms with E-state index in [0.717, 1.165) is 24.1 Å². The van der Waals surface area contributed by atoms with Crippen LogP contribution in [0.2, 0.25) is 0 Å². The van der Waals surface area contributed by atoms with Crippen LogP contribution in [0.15, 0.2) is 18.2 Å². The predicted molar refractivity (Wildman–Crippen MR) is 75.7 cm³/mol. The van der Waals surface area contributed by atoms with Crippen molar-refractivity contribution >= 4 is 11.6 Å². The van der Waals surface area contributed by atoms with E-state index < -0.39 is 0 Å². The number of amides is 1. The van der Waals surface area contributed by atoms with Crippen molar-refractivity contribution in [3.8, 4) is 0 Å². The van der Waals surface area contributed by atoms with Crippen LogP contribution >= 0.6 is 0 Å². The highest BCUT2D eigenvalue weighted by Crippen LogP contribution is 2.37. The summed E-state index contributed by atoms with van der Waals surface area (Å²) in [5, 5.41) is 3.12. The third-order valence-electron chi connectivity index (χ3n) is 4.15. The van der Waals surface area contributed by atoms with Crippen molar-refractivity contribution in [2.24, 2.45) is 5.41 Å². The molecule has 2 nitrogen and oxygen atoms in total. The second-order valence-electron chi connectivity index (χ2n) is 5.89. The van der Waals surface area contributed by atoms with Crippen molar-refractivity contribution in [1.29, 1.82) is 0 Å². The van der Waals surface area contributed by atoms with Crippen LogP contribution in [0, 0.1) is 19.3 Å². The summed E-state index contributed by atoms with van der Waals surface area (Å²) in [6, 6.07) is 6.20. The molecule has 0 radical (unpaired) electrons. The van der Waals surface area contributed by atoms with Gasteiger partial charge in [0.2, 0.25) is 5.91 Å². The number of nitrogens with one attached hydrogen (secondary N) is 1. The second kappa shape index (κ2) is 5.13. The molecule has 98 valence electrons.